The van der Waals surface area contributed by atoms with Gasteiger partial charge in [0.2, 0.25) is 0 Å². The highest BCUT2D eigenvalue weighted by atomic mass is 35.5. The molecule has 1 heterocycles. The van der Waals surface area contributed by atoms with Gasteiger partial charge in [-0.15, -0.1) is 0 Å². The average Bonchev–Trinajstić information content (AvgIpc) is 2.30. The van der Waals surface area contributed by atoms with E-state index in [2.05, 4.69) is 16.9 Å². The molecule has 0 aliphatic heterocycles. The molecule has 1 N–H and O–H groups in total. The normalized spacial score (nSPS) is 9.81. The number of pyridine rings is 1. The summed E-state index contributed by atoms with van der Waals surface area (Å²) in [5.41, 5.74) is 2.46. The molecule has 16 heavy (non-hydrogen) atoms. The van der Waals surface area contributed by atoms with Gasteiger partial charge in [-0.2, -0.15) is 0 Å². The Labute approximate surface area is 99.6 Å². The quantitative estimate of drug-likeness (QED) is 0.811. The summed E-state index contributed by atoms with van der Waals surface area (Å²) < 4.78 is 0. The van der Waals surface area contributed by atoms with Crippen molar-refractivity contribution in [3.8, 4) is 0 Å². The lowest BCUT2D eigenvalue weighted by atomic mass is 10.2. The summed E-state index contributed by atoms with van der Waals surface area (Å²) in [5.74, 6) is 0. The number of nitrogens with zero attached hydrogens (tertiary/aromatic N) is 1. The Kier molecular flexibility index (Phi) is 3.22. The molecule has 0 bridgehead atoms. The fourth-order valence-electron chi connectivity index (χ4n) is 1.34. The van der Waals surface area contributed by atoms with Crippen LogP contribution in [0.2, 0.25) is 5.15 Å². The zero-order valence-electron chi connectivity index (χ0n) is 8.65. The number of benzene rings is 1. The molecular weight excluding hydrogens is 220 g/mol. The third kappa shape index (κ3) is 2.61. The molecular formula is C13H11ClN2. The fourth-order valence-corrected chi connectivity index (χ4v) is 1.50. The molecule has 0 unspecified atom stereocenters. The topological polar surface area (TPSA) is 24.9 Å². The van der Waals surface area contributed by atoms with E-state index in [4.69, 9.17) is 11.6 Å². The number of hydrogen-bond donors (Lipinski definition) is 1. The van der Waals surface area contributed by atoms with Gasteiger partial charge in [0.25, 0.3) is 0 Å². The van der Waals surface area contributed by atoms with E-state index in [-0.39, 0.29) is 0 Å². The maximum atomic E-state index is 5.81. The van der Waals surface area contributed by atoms with Gasteiger partial charge in [-0.3, -0.25) is 0 Å². The molecule has 2 rings (SSSR count). The molecule has 2 nitrogen and oxygen atoms in total. The lowest BCUT2D eigenvalue weighted by Gasteiger charge is -2.08. The average molecular weight is 231 g/mol. The minimum absolute atomic E-state index is 0.466. The summed E-state index contributed by atoms with van der Waals surface area (Å²) in [7, 11) is 0. The SMILES string of the molecule is C=C(Nc1ccccc1)c1cccc(Cl)n1. The third-order valence-electron chi connectivity index (χ3n) is 2.09. The Morgan fingerprint density at radius 2 is 1.81 bits per heavy atom. The minimum Gasteiger partial charge on any atom is -0.354 e. The van der Waals surface area contributed by atoms with E-state index >= 15 is 0 Å². The van der Waals surface area contributed by atoms with Crippen molar-refractivity contribution in [2.45, 2.75) is 0 Å². The molecule has 3 heteroatoms. The van der Waals surface area contributed by atoms with Crippen LogP contribution in [0.1, 0.15) is 5.69 Å². The Morgan fingerprint density at radius 3 is 2.50 bits per heavy atom. The minimum atomic E-state index is 0.466. The monoisotopic (exact) mass is 230 g/mol. The first-order valence-electron chi connectivity index (χ1n) is 4.89. The Hall–Kier alpha value is -1.80. The number of nitrogens with one attached hydrogen (secondary N) is 1. The molecule has 0 saturated carbocycles. The van der Waals surface area contributed by atoms with Crippen molar-refractivity contribution in [3.63, 3.8) is 0 Å². The van der Waals surface area contributed by atoms with Crippen LogP contribution in [0.5, 0.6) is 0 Å². The fraction of sp³-hybridized carbons (Fsp3) is 0. The highest BCUT2D eigenvalue weighted by Crippen LogP contribution is 2.16. The maximum Gasteiger partial charge on any atom is 0.129 e. The summed E-state index contributed by atoms with van der Waals surface area (Å²) in [4.78, 5) is 4.17. The lowest BCUT2D eigenvalue weighted by Crippen LogP contribution is -1.99. The van der Waals surface area contributed by atoms with E-state index in [1.807, 2.05) is 42.5 Å². The number of halogens is 1. The molecule has 2 aromatic rings. The number of para-hydroxylation sites is 1. The summed E-state index contributed by atoms with van der Waals surface area (Å²) >= 11 is 5.81. The van der Waals surface area contributed by atoms with Gasteiger partial charge in [0, 0.05) is 5.69 Å². The Bertz CT molecular complexity index is 494. The van der Waals surface area contributed by atoms with Crippen LogP contribution >= 0.6 is 11.6 Å². The maximum absolute atomic E-state index is 5.81. The van der Waals surface area contributed by atoms with Crippen molar-refractivity contribution < 1.29 is 0 Å². The van der Waals surface area contributed by atoms with Gasteiger partial charge in [0.15, 0.2) is 0 Å². The van der Waals surface area contributed by atoms with Crippen LogP contribution in [0.3, 0.4) is 0 Å². The van der Waals surface area contributed by atoms with Gasteiger partial charge in [0.05, 0.1) is 11.4 Å². The van der Waals surface area contributed by atoms with Crippen LogP contribution < -0.4 is 5.32 Å². The smallest absolute Gasteiger partial charge is 0.129 e. The Balaban J connectivity index is 2.15. The molecule has 0 aliphatic rings. The molecule has 1 aromatic carbocycles. The predicted molar refractivity (Wildman–Crippen MR) is 68.3 cm³/mol. The Morgan fingerprint density at radius 1 is 1.06 bits per heavy atom. The second-order valence-electron chi connectivity index (χ2n) is 3.32. The molecule has 0 atom stereocenters. The third-order valence-corrected chi connectivity index (χ3v) is 2.30. The number of aromatic nitrogens is 1. The van der Waals surface area contributed by atoms with Gasteiger partial charge >= 0.3 is 0 Å². The van der Waals surface area contributed by atoms with Crippen molar-refractivity contribution >= 4 is 23.0 Å². The standard InChI is InChI=1S/C13H11ClN2/c1-10(12-8-5-9-13(14)16-12)15-11-6-3-2-4-7-11/h2-9,15H,1H2. The predicted octanol–water partition coefficient (Wildman–Crippen LogP) is 3.82. The number of hydrogen-bond acceptors (Lipinski definition) is 2. The second-order valence-corrected chi connectivity index (χ2v) is 3.70. The van der Waals surface area contributed by atoms with E-state index < -0.39 is 0 Å². The van der Waals surface area contributed by atoms with E-state index in [1.54, 1.807) is 6.07 Å². The summed E-state index contributed by atoms with van der Waals surface area (Å²) in [6, 6.07) is 15.3. The van der Waals surface area contributed by atoms with Crippen molar-refractivity contribution in [2.24, 2.45) is 0 Å². The first kappa shape index (κ1) is 10.7. The molecule has 0 saturated heterocycles. The molecule has 0 radical (unpaired) electrons. The first-order valence-corrected chi connectivity index (χ1v) is 5.27. The van der Waals surface area contributed by atoms with Crippen LogP contribution in [0.4, 0.5) is 5.69 Å². The van der Waals surface area contributed by atoms with Gasteiger partial charge < -0.3 is 5.32 Å². The summed E-state index contributed by atoms with van der Waals surface area (Å²) in [6.45, 7) is 3.93. The second kappa shape index (κ2) is 4.81. The van der Waals surface area contributed by atoms with Gasteiger partial charge in [-0.1, -0.05) is 42.4 Å². The van der Waals surface area contributed by atoms with Crippen LogP contribution in [-0.4, -0.2) is 4.98 Å². The van der Waals surface area contributed by atoms with Gasteiger partial charge in [-0.25, -0.2) is 4.98 Å². The van der Waals surface area contributed by atoms with E-state index in [9.17, 15) is 0 Å². The largest absolute Gasteiger partial charge is 0.354 e. The molecule has 80 valence electrons. The van der Waals surface area contributed by atoms with Crippen molar-refractivity contribution in [3.05, 3.63) is 66.0 Å². The van der Waals surface area contributed by atoms with Crippen LogP contribution in [0.15, 0.2) is 55.1 Å². The molecule has 0 fully saturated rings. The molecule has 0 amide bonds. The van der Waals surface area contributed by atoms with Crippen LogP contribution in [0, 0.1) is 0 Å². The van der Waals surface area contributed by atoms with E-state index in [1.165, 1.54) is 0 Å². The van der Waals surface area contributed by atoms with Gasteiger partial charge in [-0.05, 0) is 24.3 Å². The summed E-state index contributed by atoms with van der Waals surface area (Å²) in [5, 5.41) is 3.64. The van der Waals surface area contributed by atoms with Crippen molar-refractivity contribution in [1.29, 1.82) is 0 Å². The van der Waals surface area contributed by atoms with E-state index in [0.29, 0.717) is 5.15 Å². The van der Waals surface area contributed by atoms with E-state index in [0.717, 1.165) is 17.1 Å². The highest BCUT2D eigenvalue weighted by Gasteiger charge is 2.01. The van der Waals surface area contributed by atoms with Crippen LogP contribution in [-0.2, 0) is 0 Å². The van der Waals surface area contributed by atoms with Crippen molar-refractivity contribution in [2.75, 3.05) is 5.32 Å². The zero-order chi connectivity index (χ0) is 11.4. The first-order chi connectivity index (χ1) is 7.75. The lowest BCUT2D eigenvalue weighted by molar-refractivity contribution is 1.27. The molecule has 1 aromatic heterocycles. The van der Waals surface area contributed by atoms with Gasteiger partial charge in [0.1, 0.15) is 5.15 Å². The summed E-state index contributed by atoms with van der Waals surface area (Å²) in [6.07, 6.45) is 0. The highest BCUT2D eigenvalue weighted by molar-refractivity contribution is 6.29. The molecule has 0 spiro atoms. The molecule has 0 aliphatic carbocycles. The number of anilines is 1. The van der Waals surface area contributed by atoms with Crippen LogP contribution in [0.25, 0.3) is 5.70 Å². The zero-order valence-corrected chi connectivity index (χ0v) is 9.41. The van der Waals surface area contributed by atoms with Crippen molar-refractivity contribution in [1.82, 2.24) is 4.98 Å². The number of rotatable bonds is 3.